The standard InChI is InChI=1S/C22H25N5O/c1-26-24-13-19-9-15-5-6-18(25-17-3-2-4-20(28)10-17)11-21(15)22(14-27(19)26)16-7-8-23-12-16/h2-4,7,9-11,13-14,18,23-25,28H,5-6,8,12H2,1H3. The first-order chi connectivity index (χ1) is 13.7. The van der Waals surface area contributed by atoms with E-state index in [0.29, 0.717) is 0 Å². The van der Waals surface area contributed by atoms with E-state index in [2.05, 4.69) is 45.5 Å². The summed E-state index contributed by atoms with van der Waals surface area (Å²) < 4.78 is 0. The van der Waals surface area contributed by atoms with Crippen molar-refractivity contribution in [3.8, 4) is 5.75 Å². The summed E-state index contributed by atoms with van der Waals surface area (Å²) in [5.41, 5.74) is 10.7. The summed E-state index contributed by atoms with van der Waals surface area (Å²) in [6, 6.07) is 7.57. The van der Waals surface area contributed by atoms with Crippen LogP contribution in [-0.2, 0) is 0 Å². The molecule has 3 aliphatic heterocycles. The molecule has 0 aromatic heterocycles. The number of hydrogen-bond acceptors (Lipinski definition) is 6. The number of phenols is 1. The van der Waals surface area contributed by atoms with E-state index in [1.165, 1.54) is 22.3 Å². The molecule has 0 amide bonds. The minimum atomic E-state index is 0.227. The molecule has 0 fully saturated rings. The Morgan fingerprint density at radius 3 is 2.96 bits per heavy atom. The molecule has 4 aliphatic rings. The predicted molar refractivity (Wildman–Crippen MR) is 111 cm³/mol. The molecule has 1 unspecified atom stereocenters. The highest BCUT2D eigenvalue weighted by Gasteiger charge is 2.29. The third kappa shape index (κ3) is 3.10. The van der Waals surface area contributed by atoms with E-state index >= 15 is 0 Å². The number of aromatic hydroxyl groups is 1. The summed E-state index contributed by atoms with van der Waals surface area (Å²) in [4.78, 5) is 0. The lowest BCUT2D eigenvalue weighted by molar-refractivity contribution is 0.0793. The second-order valence-electron chi connectivity index (χ2n) is 7.56. The highest BCUT2D eigenvalue weighted by atomic mass is 16.3. The fraction of sp³-hybridized carbons (Fsp3) is 0.273. The van der Waals surface area contributed by atoms with Gasteiger partial charge < -0.3 is 21.2 Å². The van der Waals surface area contributed by atoms with Gasteiger partial charge in [0.15, 0.2) is 0 Å². The Hall–Kier alpha value is -2.96. The average Bonchev–Trinajstić information content (AvgIpc) is 3.29. The van der Waals surface area contributed by atoms with Gasteiger partial charge in [0.1, 0.15) is 5.75 Å². The lowest BCUT2D eigenvalue weighted by Crippen LogP contribution is -2.36. The van der Waals surface area contributed by atoms with Gasteiger partial charge in [0.2, 0.25) is 0 Å². The van der Waals surface area contributed by atoms with Gasteiger partial charge in [0.25, 0.3) is 0 Å². The number of fused-ring (bicyclic) bond motifs is 2. The van der Waals surface area contributed by atoms with E-state index in [0.717, 1.165) is 37.3 Å². The van der Waals surface area contributed by atoms with E-state index in [9.17, 15) is 5.11 Å². The maximum atomic E-state index is 9.76. The molecule has 0 saturated carbocycles. The summed E-state index contributed by atoms with van der Waals surface area (Å²) in [5.74, 6) is 0.286. The molecule has 4 N–H and O–H groups in total. The summed E-state index contributed by atoms with van der Waals surface area (Å²) in [7, 11) is 2.02. The number of nitrogens with zero attached hydrogens (tertiary/aromatic N) is 2. The quantitative estimate of drug-likeness (QED) is 0.652. The third-order valence-electron chi connectivity index (χ3n) is 5.64. The lowest BCUT2D eigenvalue weighted by atomic mass is 9.84. The number of nitrogens with one attached hydrogen (secondary N) is 3. The maximum absolute atomic E-state index is 9.76. The van der Waals surface area contributed by atoms with E-state index in [1.54, 1.807) is 12.1 Å². The fourth-order valence-electron chi connectivity index (χ4n) is 4.21. The van der Waals surface area contributed by atoms with Crippen LogP contribution < -0.4 is 16.1 Å². The second-order valence-corrected chi connectivity index (χ2v) is 7.56. The normalized spacial score (nSPS) is 24.1. The van der Waals surface area contributed by atoms with Crippen LogP contribution in [0.15, 0.2) is 82.9 Å². The average molecular weight is 375 g/mol. The Labute approximate surface area is 165 Å². The zero-order chi connectivity index (χ0) is 19.1. The number of phenolic OH excluding ortho intramolecular Hbond substituents is 1. The SMILES string of the molecule is CN1NC=C2C=C3CCC(Nc4cccc(O)c4)C=C3C(C3=CCNC3)=CN21. The Morgan fingerprint density at radius 1 is 1.21 bits per heavy atom. The molecule has 3 heterocycles. The molecule has 28 heavy (non-hydrogen) atoms. The molecule has 0 spiro atoms. The number of rotatable bonds is 3. The van der Waals surface area contributed by atoms with Gasteiger partial charge in [-0.25, -0.2) is 0 Å². The third-order valence-corrected chi connectivity index (χ3v) is 5.64. The smallest absolute Gasteiger partial charge is 0.117 e. The maximum Gasteiger partial charge on any atom is 0.117 e. The summed E-state index contributed by atoms with van der Waals surface area (Å²) >= 11 is 0. The highest BCUT2D eigenvalue weighted by Crippen LogP contribution is 2.39. The molecule has 6 heteroatoms. The number of hydrazine groups is 2. The molecule has 1 atom stereocenters. The topological polar surface area (TPSA) is 62.8 Å². The molecule has 1 aromatic rings. The summed E-state index contributed by atoms with van der Waals surface area (Å²) in [6.07, 6.45) is 13.2. The van der Waals surface area contributed by atoms with Gasteiger partial charge in [0, 0.05) is 55.9 Å². The largest absolute Gasteiger partial charge is 0.508 e. The van der Waals surface area contributed by atoms with Crippen LogP contribution in [-0.4, -0.2) is 41.4 Å². The first-order valence-electron chi connectivity index (χ1n) is 9.77. The van der Waals surface area contributed by atoms with Crippen molar-refractivity contribution in [3.05, 3.63) is 82.9 Å². The fourth-order valence-corrected chi connectivity index (χ4v) is 4.21. The van der Waals surface area contributed by atoms with Crippen LogP contribution in [0.5, 0.6) is 5.75 Å². The highest BCUT2D eigenvalue weighted by molar-refractivity contribution is 5.62. The van der Waals surface area contributed by atoms with Gasteiger partial charge in [-0.3, -0.25) is 5.01 Å². The first-order valence-corrected chi connectivity index (χ1v) is 9.77. The lowest BCUT2D eigenvalue weighted by Gasteiger charge is -2.27. The van der Waals surface area contributed by atoms with Crippen molar-refractivity contribution < 1.29 is 5.11 Å². The molecule has 0 bridgehead atoms. The van der Waals surface area contributed by atoms with Crippen LogP contribution in [0, 0.1) is 0 Å². The van der Waals surface area contributed by atoms with Crippen LogP contribution in [0.1, 0.15) is 12.8 Å². The minimum absolute atomic E-state index is 0.227. The molecule has 0 radical (unpaired) electrons. The van der Waals surface area contributed by atoms with Crippen molar-refractivity contribution in [3.63, 3.8) is 0 Å². The summed E-state index contributed by atoms with van der Waals surface area (Å²) in [6.45, 7) is 1.81. The Balaban J connectivity index is 1.53. The van der Waals surface area contributed by atoms with Gasteiger partial charge >= 0.3 is 0 Å². The van der Waals surface area contributed by atoms with Crippen LogP contribution in [0.25, 0.3) is 0 Å². The van der Waals surface area contributed by atoms with Crippen LogP contribution >= 0.6 is 0 Å². The Bertz CT molecular complexity index is 955. The van der Waals surface area contributed by atoms with Crippen molar-refractivity contribution in [1.29, 1.82) is 0 Å². The van der Waals surface area contributed by atoms with Crippen molar-refractivity contribution in [2.45, 2.75) is 18.9 Å². The molecular weight excluding hydrogens is 350 g/mol. The van der Waals surface area contributed by atoms with Crippen molar-refractivity contribution in [1.82, 2.24) is 20.9 Å². The van der Waals surface area contributed by atoms with E-state index < -0.39 is 0 Å². The van der Waals surface area contributed by atoms with Crippen LogP contribution in [0.4, 0.5) is 5.69 Å². The monoisotopic (exact) mass is 375 g/mol. The first kappa shape index (κ1) is 17.2. The van der Waals surface area contributed by atoms with Crippen molar-refractivity contribution in [2.75, 3.05) is 25.5 Å². The van der Waals surface area contributed by atoms with Gasteiger partial charge in [-0.05, 0) is 47.8 Å². The van der Waals surface area contributed by atoms with Gasteiger partial charge in [0.05, 0.1) is 5.70 Å². The van der Waals surface area contributed by atoms with Crippen LogP contribution in [0.2, 0.25) is 0 Å². The zero-order valence-electron chi connectivity index (χ0n) is 15.9. The predicted octanol–water partition coefficient (Wildman–Crippen LogP) is 2.75. The second kappa shape index (κ2) is 6.89. The number of anilines is 1. The number of benzene rings is 1. The molecule has 1 aliphatic carbocycles. The zero-order valence-corrected chi connectivity index (χ0v) is 15.9. The summed E-state index contributed by atoms with van der Waals surface area (Å²) in [5, 5.41) is 20.9. The Morgan fingerprint density at radius 2 is 2.14 bits per heavy atom. The Kier molecular flexibility index (Phi) is 4.22. The van der Waals surface area contributed by atoms with Crippen LogP contribution in [0.3, 0.4) is 0 Å². The number of allylic oxidation sites excluding steroid dienone is 3. The molecule has 5 rings (SSSR count). The van der Waals surface area contributed by atoms with E-state index in [-0.39, 0.29) is 11.8 Å². The number of hydrogen-bond donors (Lipinski definition) is 4. The molecule has 6 nitrogen and oxygen atoms in total. The van der Waals surface area contributed by atoms with Gasteiger partial charge in [-0.15, -0.1) is 5.12 Å². The van der Waals surface area contributed by atoms with Gasteiger partial charge in [-0.1, -0.05) is 18.2 Å². The minimum Gasteiger partial charge on any atom is -0.508 e. The molecule has 144 valence electrons. The van der Waals surface area contributed by atoms with E-state index in [1.807, 2.05) is 30.5 Å². The molecule has 0 saturated heterocycles. The van der Waals surface area contributed by atoms with Gasteiger partial charge in [-0.2, -0.15) is 0 Å². The molecular formula is C22H25N5O. The van der Waals surface area contributed by atoms with E-state index in [4.69, 9.17) is 0 Å². The van der Waals surface area contributed by atoms with Crippen molar-refractivity contribution in [2.24, 2.45) is 0 Å². The molecule has 1 aromatic carbocycles. The van der Waals surface area contributed by atoms with Crippen molar-refractivity contribution >= 4 is 5.69 Å².